The Labute approximate surface area is 107 Å². The van der Waals surface area contributed by atoms with Gasteiger partial charge in [-0.3, -0.25) is 0 Å². The van der Waals surface area contributed by atoms with Gasteiger partial charge in [-0.15, -0.1) is 0 Å². The van der Waals surface area contributed by atoms with Gasteiger partial charge in [0.25, 0.3) is 5.88 Å². The predicted octanol–water partition coefficient (Wildman–Crippen LogP) is 3.03. The highest BCUT2D eigenvalue weighted by Crippen LogP contribution is 2.22. The second kappa shape index (κ2) is 5.21. The molecule has 1 aromatic carbocycles. The van der Waals surface area contributed by atoms with E-state index in [0.717, 1.165) is 17.5 Å². The summed E-state index contributed by atoms with van der Waals surface area (Å²) in [5.41, 5.74) is 7.46. The van der Waals surface area contributed by atoms with E-state index in [4.69, 9.17) is 10.5 Å². The Morgan fingerprint density at radius 2 is 1.72 bits per heavy atom. The Morgan fingerprint density at radius 1 is 1.11 bits per heavy atom. The molecular formula is C14H19N3O. The van der Waals surface area contributed by atoms with Crippen LogP contribution in [0.25, 0.3) is 11.0 Å². The van der Waals surface area contributed by atoms with Crippen molar-refractivity contribution in [2.45, 2.75) is 33.3 Å². The average molecular weight is 245 g/mol. The van der Waals surface area contributed by atoms with Gasteiger partial charge in [-0.2, -0.15) is 0 Å². The molecule has 96 valence electrons. The van der Waals surface area contributed by atoms with Crippen molar-refractivity contribution in [3.8, 4) is 5.88 Å². The van der Waals surface area contributed by atoms with E-state index < -0.39 is 0 Å². The van der Waals surface area contributed by atoms with Crippen LogP contribution in [0.1, 0.15) is 27.2 Å². The van der Waals surface area contributed by atoms with Crippen molar-refractivity contribution >= 4 is 16.9 Å². The number of anilines is 1. The number of nitrogens with zero attached hydrogens (tertiary/aromatic N) is 2. The van der Waals surface area contributed by atoms with E-state index in [1.807, 2.05) is 31.2 Å². The first-order chi connectivity index (χ1) is 8.56. The van der Waals surface area contributed by atoms with Gasteiger partial charge < -0.3 is 10.5 Å². The quantitative estimate of drug-likeness (QED) is 0.899. The third-order valence-corrected chi connectivity index (χ3v) is 2.68. The van der Waals surface area contributed by atoms with Gasteiger partial charge in [0.15, 0.2) is 5.82 Å². The third-order valence-electron chi connectivity index (χ3n) is 2.68. The second-order valence-electron chi connectivity index (χ2n) is 4.96. The lowest BCUT2D eigenvalue weighted by Gasteiger charge is -2.16. The van der Waals surface area contributed by atoms with Crippen molar-refractivity contribution in [1.29, 1.82) is 0 Å². The number of aromatic nitrogens is 2. The molecule has 1 unspecified atom stereocenters. The highest BCUT2D eigenvalue weighted by molar-refractivity contribution is 5.76. The fraction of sp³-hybridized carbons (Fsp3) is 0.429. The number of hydrogen-bond donors (Lipinski definition) is 1. The topological polar surface area (TPSA) is 61.0 Å². The molecule has 1 atom stereocenters. The molecule has 0 saturated carbocycles. The van der Waals surface area contributed by atoms with Gasteiger partial charge in [0, 0.05) is 0 Å². The maximum atomic E-state index is 5.87. The fourth-order valence-electron chi connectivity index (χ4n) is 1.99. The van der Waals surface area contributed by atoms with Crippen LogP contribution in [0.5, 0.6) is 5.88 Å². The average Bonchev–Trinajstić information content (AvgIpc) is 2.29. The summed E-state index contributed by atoms with van der Waals surface area (Å²) in [6.07, 6.45) is 1.05. The largest absolute Gasteiger partial charge is 0.472 e. The molecule has 0 amide bonds. The van der Waals surface area contributed by atoms with E-state index in [2.05, 4.69) is 23.8 Å². The highest BCUT2D eigenvalue weighted by atomic mass is 16.5. The van der Waals surface area contributed by atoms with E-state index in [0.29, 0.717) is 17.6 Å². The number of nitrogen functional groups attached to an aromatic ring is 1. The molecule has 1 heterocycles. The van der Waals surface area contributed by atoms with Gasteiger partial charge in [-0.1, -0.05) is 26.0 Å². The molecule has 0 fully saturated rings. The number of nitrogens with two attached hydrogens (primary N) is 1. The molecule has 0 radical (unpaired) electrons. The molecule has 0 saturated heterocycles. The van der Waals surface area contributed by atoms with Gasteiger partial charge in [0.1, 0.15) is 0 Å². The summed E-state index contributed by atoms with van der Waals surface area (Å²) in [5.74, 6) is 1.36. The molecular weight excluding hydrogens is 226 g/mol. The molecule has 0 aliphatic carbocycles. The van der Waals surface area contributed by atoms with Crippen LogP contribution >= 0.6 is 0 Å². The zero-order chi connectivity index (χ0) is 13.1. The SMILES string of the molecule is CC(C)CC(C)Oc1nc2ccccc2nc1N. The van der Waals surface area contributed by atoms with E-state index in [-0.39, 0.29) is 6.10 Å². The first-order valence-electron chi connectivity index (χ1n) is 6.25. The molecule has 2 aromatic rings. The minimum atomic E-state index is 0.0859. The maximum absolute atomic E-state index is 5.87. The second-order valence-corrected chi connectivity index (χ2v) is 4.96. The van der Waals surface area contributed by atoms with Crippen molar-refractivity contribution in [1.82, 2.24) is 9.97 Å². The molecule has 0 aliphatic rings. The Balaban J connectivity index is 2.25. The first-order valence-corrected chi connectivity index (χ1v) is 6.25. The van der Waals surface area contributed by atoms with Crippen LogP contribution in [0.2, 0.25) is 0 Å². The first kappa shape index (κ1) is 12.6. The Morgan fingerprint density at radius 3 is 2.33 bits per heavy atom. The molecule has 2 N–H and O–H groups in total. The molecule has 1 aromatic heterocycles. The summed E-state index contributed by atoms with van der Waals surface area (Å²) in [5, 5.41) is 0. The van der Waals surface area contributed by atoms with Gasteiger partial charge >= 0.3 is 0 Å². The lowest BCUT2D eigenvalue weighted by molar-refractivity contribution is 0.187. The lowest BCUT2D eigenvalue weighted by atomic mass is 10.1. The minimum Gasteiger partial charge on any atom is -0.472 e. The zero-order valence-corrected chi connectivity index (χ0v) is 11.1. The van der Waals surface area contributed by atoms with E-state index in [1.54, 1.807) is 0 Å². The summed E-state index contributed by atoms with van der Waals surface area (Å²) in [4.78, 5) is 8.71. The lowest BCUT2D eigenvalue weighted by Crippen LogP contribution is -2.16. The predicted molar refractivity (Wildman–Crippen MR) is 73.5 cm³/mol. The molecule has 4 nitrogen and oxygen atoms in total. The number of rotatable bonds is 4. The number of benzene rings is 1. The summed E-state index contributed by atoms with van der Waals surface area (Å²) in [7, 11) is 0. The zero-order valence-electron chi connectivity index (χ0n) is 11.1. The van der Waals surface area contributed by atoms with Gasteiger partial charge in [0.2, 0.25) is 0 Å². The highest BCUT2D eigenvalue weighted by Gasteiger charge is 2.12. The van der Waals surface area contributed by atoms with Crippen LogP contribution < -0.4 is 10.5 Å². The molecule has 2 rings (SSSR count). The summed E-state index contributed by atoms with van der Waals surface area (Å²) >= 11 is 0. The summed E-state index contributed by atoms with van der Waals surface area (Å²) in [6, 6.07) is 7.63. The van der Waals surface area contributed by atoms with Crippen molar-refractivity contribution in [3.05, 3.63) is 24.3 Å². The number of hydrogen-bond acceptors (Lipinski definition) is 4. The molecule has 0 aliphatic heterocycles. The minimum absolute atomic E-state index is 0.0859. The molecule has 0 bridgehead atoms. The maximum Gasteiger partial charge on any atom is 0.258 e. The van der Waals surface area contributed by atoms with Gasteiger partial charge in [-0.05, 0) is 31.4 Å². The Bertz CT molecular complexity index is 540. The van der Waals surface area contributed by atoms with E-state index in [1.165, 1.54) is 0 Å². The van der Waals surface area contributed by atoms with Crippen molar-refractivity contribution < 1.29 is 4.74 Å². The summed E-state index contributed by atoms with van der Waals surface area (Å²) < 4.78 is 5.77. The van der Waals surface area contributed by atoms with Crippen LogP contribution in [-0.4, -0.2) is 16.1 Å². The van der Waals surface area contributed by atoms with E-state index >= 15 is 0 Å². The molecule has 18 heavy (non-hydrogen) atoms. The summed E-state index contributed by atoms with van der Waals surface area (Å²) in [6.45, 7) is 6.35. The molecule has 0 spiro atoms. The number of ether oxygens (including phenoxy) is 1. The van der Waals surface area contributed by atoms with Crippen molar-refractivity contribution in [2.75, 3.05) is 5.73 Å². The van der Waals surface area contributed by atoms with Crippen LogP contribution in [0.4, 0.5) is 5.82 Å². The fourth-order valence-corrected chi connectivity index (χ4v) is 1.99. The van der Waals surface area contributed by atoms with E-state index in [9.17, 15) is 0 Å². The van der Waals surface area contributed by atoms with Crippen molar-refractivity contribution in [2.24, 2.45) is 5.92 Å². The van der Waals surface area contributed by atoms with Crippen LogP contribution in [-0.2, 0) is 0 Å². The smallest absolute Gasteiger partial charge is 0.258 e. The van der Waals surface area contributed by atoms with Gasteiger partial charge in [0.05, 0.1) is 17.1 Å². The monoisotopic (exact) mass is 245 g/mol. The van der Waals surface area contributed by atoms with Crippen LogP contribution in [0.3, 0.4) is 0 Å². The van der Waals surface area contributed by atoms with Crippen LogP contribution in [0, 0.1) is 5.92 Å². The number of fused-ring (bicyclic) bond motifs is 1. The Kier molecular flexibility index (Phi) is 3.65. The van der Waals surface area contributed by atoms with Crippen LogP contribution in [0.15, 0.2) is 24.3 Å². The Hall–Kier alpha value is -1.84. The standard InChI is InChI=1S/C14H19N3O/c1-9(2)8-10(3)18-14-13(15)16-11-6-4-5-7-12(11)17-14/h4-7,9-10H,8H2,1-3H3,(H2,15,16). The normalized spacial score (nSPS) is 12.9. The number of para-hydroxylation sites is 2. The molecule has 4 heteroatoms. The third kappa shape index (κ3) is 2.88. The van der Waals surface area contributed by atoms with Crippen molar-refractivity contribution in [3.63, 3.8) is 0 Å². The van der Waals surface area contributed by atoms with Gasteiger partial charge in [-0.25, -0.2) is 9.97 Å².